The van der Waals surface area contributed by atoms with E-state index < -0.39 is 5.60 Å². The van der Waals surface area contributed by atoms with E-state index >= 15 is 0 Å². The Morgan fingerprint density at radius 3 is 2.61 bits per heavy atom. The van der Waals surface area contributed by atoms with E-state index in [9.17, 15) is 5.11 Å². The van der Waals surface area contributed by atoms with Gasteiger partial charge in [0, 0.05) is 38.6 Å². The molecule has 1 heterocycles. The van der Waals surface area contributed by atoms with E-state index in [4.69, 9.17) is 0 Å². The summed E-state index contributed by atoms with van der Waals surface area (Å²) in [5, 5.41) is 13.6. The molecule has 1 aromatic rings. The van der Waals surface area contributed by atoms with Crippen LogP contribution in [-0.4, -0.2) is 42.9 Å². The van der Waals surface area contributed by atoms with Crippen LogP contribution in [0.1, 0.15) is 12.0 Å². The summed E-state index contributed by atoms with van der Waals surface area (Å²) in [6.07, 6.45) is 0.907. The van der Waals surface area contributed by atoms with Gasteiger partial charge in [0.15, 0.2) is 0 Å². The van der Waals surface area contributed by atoms with Crippen LogP contribution in [0.3, 0.4) is 0 Å². The minimum atomic E-state index is -0.492. The molecule has 0 radical (unpaired) electrons. The number of nitrogens with one attached hydrogen (secondary N) is 1. The zero-order valence-electron chi connectivity index (χ0n) is 11.1. The molecule has 0 bridgehead atoms. The Kier molecular flexibility index (Phi) is 4.54. The third kappa shape index (κ3) is 3.64. The van der Waals surface area contributed by atoms with Gasteiger partial charge in [0.1, 0.15) is 0 Å². The zero-order chi connectivity index (χ0) is 13.0. The van der Waals surface area contributed by atoms with Crippen molar-refractivity contribution in [3.8, 4) is 0 Å². The molecule has 1 saturated heterocycles. The summed E-state index contributed by atoms with van der Waals surface area (Å²) in [6, 6.07) is 8.51. The fraction of sp³-hybridized carbons (Fsp3) is 0.571. The Morgan fingerprint density at radius 2 is 2.06 bits per heavy atom. The average Bonchev–Trinajstić information content (AvgIpc) is 2.77. The van der Waals surface area contributed by atoms with Gasteiger partial charge in [0.05, 0.1) is 5.60 Å². The first-order valence-electron chi connectivity index (χ1n) is 6.36. The second-order valence-electron chi connectivity index (χ2n) is 5.19. The molecule has 0 spiro atoms. The second kappa shape index (κ2) is 5.95. The van der Waals surface area contributed by atoms with Gasteiger partial charge in [-0.1, -0.05) is 12.1 Å². The summed E-state index contributed by atoms with van der Waals surface area (Å²) in [5.74, 6) is 1.94. The van der Waals surface area contributed by atoms with Gasteiger partial charge >= 0.3 is 0 Å². The number of anilines is 1. The normalized spacial score (nSPS) is 23.3. The first-order valence-corrected chi connectivity index (χ1v) is 7.52. The maximum atomic E-state index is 10.2. The summed E-state index contributed by atoms with van der Waals surface area (Å²) in [4.78, 5) is 2.09. The van der Waals surface area contributed by atoms with Crippen molar-refractivity contribution in [3.63, 3.8) is 0 Å². The van der Waals surface area contributed by atoms with Crippen molar-refractivity contribution in [1.29, 1.82) is 0 Å². The number of hydrogen-bond acceptors (Lipinski definition) is 4. The molecule has 1 unspecified atom stereocenters. The lowest BCUT2D eigenvalue weighted by Crippen LogP contribution is -2.40. The van der Waals surface area contributed by atoms with Crippen LogP contribution in [0.25, 0.3) is 0 Å². The first kappa shape index (κ1) is 13.7. The largest absolute Gasteiger partial charge is 0.388 e. The van der Waals surface area contributed by atoms with E-state index in [1.807, 2.05) is 25.9 Å². The van der Waals surface area contributed by atoms with E-state index in [0.717, 1.165) is 24.5 Å². The van der Waals surface area contributed by atoms with Crippen LogP contribution in [0.2, 0.25) is 0 Å². The summed E-state index contributed by atoms with van der Waals surface area (Å²) in [5.41, 5.74) is 1.98. The lowest BCUT2D eigenvalue weighted by molar-refractivity contribution is 0.0675. The van der Waals surface area contributed by atoms with Crippen LogP contribution in [0.15, 0.2) is 24.3 Å². The molecular weight excluding hydrogens is 244 g/mol. The minimum absolute atomic E-state index is 0.492. The van der Waals surface area contributed by atoms with Gasteiger partial charge in [-0.15, -0.1) is 0 Å². The SMILES string of the molecule is CN(C)c1ccc(CNCC2(O)CCSC2)cc1. The van der Waals surface area contributed by atoms with Gasteiger partial charge in [0.2, 0.25) is 0 Å². The van der Waals surface area contributed by atoms with E-state index in [-0.39, 0.29) is 0 Å². The van der Waals surface area contributed by atoms with Crippen molar-refractivity contribution in [2.24, 2.45) is 0 Å². The maximum Gasteiger partial charge on any atom is 0.0869 e. The number of benzene rings is 1. The van der Waals surface area contributed by atoms with E-state index in [2.05, 4.69) is 34.5 Å². The van der Waals surface area contributed by atoms with Gasteiger partial charge in [-0.3, -0.25) is 0 Å². The van der Waals surface area contributed by atoms with Crippen molar-refractivity contribution < 1.29 is 5.11 Å². The number of rotatable bonds is 5. The van der Waals surface area contributed by atoms with Crippen LogP contribution < -0.4 is 10.2 Å². The number of aliphatic hydroxyl groups is 1. The molecule has 100 valence electrons. The molecule has 0 saturated carbocycles. The third-order valence-electron chi connectivity index (χ3n) is 3.32. The van der Waals surface area contributed by atoms with Crippen molar-refractivity contribution in [2.75, 3.05) is 37.0 Å². The molecule has 1 atom stereocenters. The standard InChI is InChI=1S/C14H22N2OS/c1-16(2)13-5-3-12(4-6-13)9-15-10-14(17)7-8-18-11-14/h3-6,15,17H,7-11H2,1-2H3. The highest BCUT2D eigenvalue weighted by molar-refractivity contribution is 7.99. The highest BCUT2D eigenvalue weighted by Gasteiger charge is 2.30. The van der Waals surface area contributed by atoms with Crippen molar-refractivity contribution in [3.05, 3.63) is 29.8 Å². The molecule has 1 aliphatic heterocycles. The van der Waals surface area contributed by atoms with Gasteiger partial charge < -0.3 is 15.3 Å². The maximum absolute atomic E-state index is 10.2. The number of hydrogen-bond donors (Lipinski definition) is 2. The molecule has 0 aromatic heterocycles. The Labute approximate surface area is 114 Å². The van der Waals surface area contributed by atoms with E-state index in [0.29, 0.717) is 6.54 Å². The Morgan fingerprint density at radius 1 is 1.33 bits per heavy atom. The molecule has 0 amide bonds. The molecule has 4 heteroatoms. The predicted molar refractivity (Wildman–Crippen MR) is 79.4 cm³/mol. The number of thioether (sulfide) groups is 1. The average molecular weight is 266 g/mol. The van der Waals surface area contributed by atoms with Crippen LogP contribution in [0.4, 0.5) is 5.69 Å². The zero-order valence-corrected chi connectivity index (χ0v) is 12.0. The number of nitrogens with zero attached hydrogens (tertiary/aromatic N) is 1. The molecule has 2 N–H and O–H groups in total. The minimum Gasteiger partial charge on any atom is -0.388 e. The summed E-state index contributed by atoms with van der Waals surface area (Å²) in [7, 11) is 4.08. The Balaban J connectivity index is 1.79. The monoisotopic (exact) mass is 266 g/mol. The molecule has 1 aliphatic rings. The Hall–Kier alpha value is -0.710. The molecular formula is C14H22N2OS. The van der Waals surface area contributed by atoms with Gasteiger partial charge in [-0.2, -0.15) is 11.8 Å². The van der Waals surface area contributed by atoms with Gasteiger partial charge in [-0.25, -0.2) is 0 Å². The quantitative estimate of drug-likeness (QED) is 0.850. The third-order valence-corrected chi connectivity index (χ3v) is 4.55. The van der Waals surface area contributed by atoms with Gasteiger partial charge in [0.25, 0.3) is 0 Å². The molecule has 1 aromatic carbocycles. The van der Waals surface area contributed by atoms with Crippen LogP contribution in [0, 0.1) is 0 Å². The lowest BCUT2D eigenvalue weighted by atomic mass is 10.0. The fourth-order valence-corrected chi connectivity index (χ4v) is 3.38. The fourth-order valence-electron chi connectivity index (χ4n) is 2.09. The summed E-state index contributed by atoms with van der Waals surface area (Å²) < 4.78 is 0. The highest BCUT2D eigenvalue weighted by atomic mass is 32.2. The molecule has 0 aliphatic carbocycles. The lowest BCUT2D eigenvalue weighted by Gasteiger charge is -2.21. The molecule has 3 nitrogen and oxygen atoms in total. The predicted octanol–water partition coefficient (Wildman–Crippen LogP) is 1.71. The molecule has 2 rings (SSSR count). The van der Waals surface area contributed by atoms with Crippen LogP contribution in [-0.2, 0) is 6.54 Å². The van der Waals surface area contributed by atoms with E-state index in [1.54, 1.807) is 0 Å². The van der Waals surface area contributed by atoms with Crippen molar-refractivity contribution in [2.45, 2.75) is 18.6 Å². The molecule has 1 fully saturated rings. The topological polar surface area (TPSA) is 35.5 Å². The summed E-state index contributed by atoms with van der Waals surface area (Å²) >= 11 is 1.84. The van der Waals surface area contributed by atoms with Crippen molar-refractivity contribution >= 4 is 17.4 Å². The second-order valence-corrected chi connectivity index (χ2v) is 6.30. The Bertz CT molecular complexity index is 372. The smallest absolute Gasteiger partial charge is 0.0869 e. The summed E-state index contributed by atoms with van der Waals surface area (Å²) in [6.45, 7) is 1.51. The molecule has 18 heavy (non-hydrogen) atoms. The van der Waals surface area contributed by atoms with E-state index in [1.165, 1.54) is 11.3 Å². The van der Waals surface area contributed by atoms with Gasteiger partial charge in [-0.05, 0) is 29.9 Å². The van der Waals surface area contributed by atoms with Crippen LogP contribution >= 0.6 is 11.8 Å². The highest BCUT2D eigenvalue weighted by Crippen LogP contribution is 2.27. The first-order chi connectivity index (χ1) is 8.59. The van der Waals surface area contributed by atoms with Crippen molar-refractivity contribution in [1.82, 2.24) is 5.32 Å². The van der Waals surface area contributed by atoms with Crippen LogP contribution in [0.5, 0.6) is 0 Å².